The van der Waals surface area contributed by atoms with Gasteiger partial charge in [0, 0.05) is 0 Å². The summed E-state index contributed by atoms with van der Waals surface area (Å²) in [6, 6.07) is 7.70. The van der Waals surface area contributed by atoms with Crippen LogP contribution in [0.15, 0.2) is 36.7 Å². The first kappa shape index (κ1) is 36.9. The van der Waals surface area contributed by atoms with Crippen molar-refractivity contribution in [3.05, 3.63) is 49.4 Å². The highest BCUT2D eigenvalue weighted by atomic mass is 127. The zero-order chi connectivity index (χ0) is 34.4. The topological polar surface area (TPSA) is 193 Å². The number of hydrogen-bond acceptors (Lipinski definition) is 12. The van der Waals surface area contributed by atoms with Gasteiger partial charge in [-0.1, -0.05) is 45.2 Å². The Kier molecular flexibility index (Phi) is 12.3. The molecule has 2 aromatic heterocycles. The smallest absolute Gasteiger partial charge is 0.222 e. The third-order valence-electron chi connectivity index (χ3n) is 5.93. The Balaban J connectivity index is 0.000000266. The van der Waals surface area contributed by atoms with Gasteiger partial charge in [-0.2, -0.15) is 9.97 Å². The summed E-state index contributed by atoms with van der Waals surface area (Å²) < 4.78 is 24.5. The van der Waals surface area contributed by atoms with E-state index in [2.05, 4.69) is 116 Å². The molecule has 16 heteroatoms. The van der Waals surface area contributed by atoms with Crippen LogP contribution >= 0.6 is 45.2 Å². The minimum atomic E-state index is -1.68. The summed E-state index contributed by atoms with van der Waals surface area (Å²) in [7, 11) is 0.0611. The quantitative estimate of drug-likeness (QED) is 0.0983. The van der Waals surface area contributed by atoms with Crippen molar-refractivity contribution in [1.29, 1.82) is 0 Å². The monoisotopic (exact) mass is 884 g/mol. The molecule has 0 atom stereocenters. The van der Waals surface area contributed by atoms with Gasteiger partial charge in [-0.3, -0.25) is 0 Å². The van der Waals surface area contributed by atoms with Gasteiger partial charge in [0.25, 0.3) is 0 Å². The van der Waals surface area contributed by atoms with Crippen LogP contribution in [0, 0.1) is 18.6 Å². The predicted molar refractivity (Wildman–Crippen MR) is 206 cm³/mol. The lowest BCUT2D eigenvalue weighted by molar-refractivity contribution is 0.409. The lowest BCUT2D eigenvalue weighted by Crippen LogP contribution is -2.38. The summed E-state index contributed by atoms with van der Waals surface area (Å²) in [6.07, 6.45) is 2.93. The highest BCUT2D eigenvalue weighted by Gasteiger charge is 2.24. The van der Waals surface area contributed by atoms with Crippen molar-refractivity contribution in [2.75, 3.05) is 37.2 Å². The molecule has 0 radical (unpaired) electrons. The van der Waals surface area contributed by atoms with E-state index in [1.165, 1.54) is 12.4 Å². The molecule has 4 rings (SSSR count). The van der Waals surface area contributed by atoms with E-state index in [4.69, 9.17) is 41.9 Å². The van der Waals surface area contributed by atoms with E-state index in [1.54, 1.807) is 14.2 Å². The van der Waals surface area contributed by atoms with Gasteiger partial charge in [-0.05, 0) is 74.6 Å². The molecule has 0 fully saturated rings. The molecule has 0 spiro atoms. The summed E-state index contributed by atoms with van der Waals surface area (Å²) in [5.74, 6) is 7.52. The molecule has 0 amide bonds. The Bertz CT molecular complexity index is 1790. The molecule has 244 valence electrons. The summed E-state index contributed by atoms with van der Waals surface area (Å²) in [5.41, 5.74) is 26.8. The average Bonchev–Trinajstić information content (AvgIpc) is 2.96. The van der Waals surface area contributed by atoms with Gasteiger partial charge in [0.05, 0.1) is 47.4 Å². The van der Waals surface area contributed by atoms with E-state index in [0.717, 1.165) is 29.4 Å². The molecule has 0 aliphatic rings. The van der Waals surface area contributed by atoms with Crippen molar-refractivity contribution in [3.8, 4) is 46.0 Å². The fourth-order valence-electron chi connectivity index (χ4n) is 3.69. The molecule has 0 unspecified atom stereocenters. The summed E-state index contributed by atoms with van der Waals surface area (Å²) in [5, 5.41) is 1.15. The van der Waals surface area contributed by atoms with Crippen LogP contribution in [0.3, 0.4) is 0 Å². The molecule has 0 saturated carbocycles. The number of hydrogen-bond donors (Lipinski definition) is 4. The molecule has 0 aliphatic carbocycles. The summed E-state index contributed by atoms with van der Waals surface area (Å²) in [4.78, 5) is 15.6. The molecule has 2 aromatic carbocycles. The van der Waals surface area contributed by atoms with E-state index >= 15 is 0 Å². The van der Waals surface area contributed by atoms with E-state index in [1.807, 2.05) is 24.3 Å². The molecule has 8 N–H and O–H groups in total. The van der Waals surface area contributed by atoms with E-state index in [9.17, 15) is 0 Å². The Morgan fingerprint density at radius 3 is 1.57 bits per heavy atom. The maximum atomic E-state index is 6.07. The van der Waals surface area contributed by atoms with Gasteiger partial charge in [0.15, 0.2) is 23.1 Å². The van der Waals surface area contributed by atoms with Gasteiger partial charge < -0.3 is 41.9 Å². The van der Waals surface area contributed by atoms with Crippen LogP contribution in [0.5, 0.6) is 34.5 Å². The number of nitrogens with zero attached hydrogens (tertiary/aromatic N) is 4. The summed E-state index contributed by atoms with van der Waals surface area (Å²) in [6.45, 7) is 13.3. The minimum absolute atomic E-state index is 0.108. The number of anilines is 4. The lowest BCUT2D eigenvalue weighted by atomic mass is 10.2. The van der Waals surface area contributed by atoms with Gasteiger partial charge in [-0.25, -0.2) is 9.97 Å². The largest absolute Gasteiger partial charge is 0.497 e. The number of ether oxygens (including phenoxy) is 4. The van der Waals surface area contributed by atoms with Gasteiger partial charge in [0.1, 0.15) is 31.1 Å². The molecule has 2 heterocycles. The Hall–Kier alpha value is -3.55. The second-order valence-electron chi connectivity index (χ2n) is 11.9. The maximum Gasteiger partial charge on any atom is 0.222 e. The highest BCUT2D eigenvalue weighted by molar-refractivity contribution is 14.1. The fraction of sp³-hybridized carbons (Fsp3) is 0.267. The first-order chi connectivity index (χ1) is 21.4. The van der Waals surface area contributed by atoms with Crippen LogP contribution in [0.2, 0.25) is 39.3 Å². The van der Waals surface area contributed by atoms with E-state index < -0.39 is 16.1 Å². The molecule has 46 heavy (non-hydrogen) atoms. The number of rotatable bonds is 7. The van der Waals surface area contributed by atoms with Crippen molar-refractivity contribution < 1.29 is 18.9 Å². The molecular formula is C30H38I2N8O4Si2. The standard InChI is InChI=1S/C19H28N4O2Si2.C11H10I2N4O2/c1-24-15-10-13(8-9-26(2,3)4)14(11-17(15)27(5,6)7)25-16-12-22-19(21)23-18(16)20;1-18-7-2-6(13)8(3-5(7)12)19-9-4-16-11(15)17-10(9)14/h10-12H,1-7H3,(H4,20,21,22,23);2-4H,1H3,(H4,14,15,16,17). The highest BCUT2D eigenvalue weighted by Crippen LogP contribution is 2.35. The fourth-order valence-corrected chi connectivity index (χ4v) is 6.88. The number of halogens is 2. The Morgan fingerprint density at radius 1 is 0.630 bits per heavy atom. The maximum absolute atomic E-state index is 6.07. The van der Waals surface area contributed by atoms with Gasteiger partial charge >= 0.3 is 0 Å². The normalized spacial score (nSPS) is 11.0. The van der Waals surface area contributed by atoms with Crippen LogP contribution in [0.4, 0.5) is 23.5 Å². The van der Waals surface area contributed by atoms with Crippen LogP contribution in [-0.2, 0) is 0 Å². The number of nitrogen functional groups attached to an aromatic ring is 4. The second-order valence-corrected chi connectivity index (χ2v) is 24.0. The molecule has 4 aromatic rings. The zero-order valence-electron chi connectivity index (χ0n) is 27.0. The Labute approximate surface area is 298 Å². The number of methoxy groups -OCH3 is 2. The van der Waals surface area contributed by atoms with E-state index in [-0.39, 0.29) is 23.5 Å². The zero-order valence-corrected chi connectivity index (χ0v) is 33.3. The molecule has 0 bridgehead atoms. The first-order valence-electron chi connectivity index (χ1n) is 13.8. The van der Waals surface area contributed by atoms with Crippen molar-refractivity contribution in [1.82, 2.24) is 19.9 Å². The molecule has 0 saturated heterocycles. The van der Waals surface area contributed by atoms with Crippen molar-refractivity contribution in [3.63, 3.8) is 0 Å². The van der Waals surface area contributed by atoms with Gasteiger partial charge in [-0.15, -0.1) is 5.54 Å². The van der Waals surface area contributed by atoms with E-state index in [0.29, 0.717) is 23.0 Å². The van der Waals surface area contributed by atoms with Crippen LogP contribution in [0.1, 0.15) is 5.56 Å². The van der Waals surface area contributed by atoms with Crippen LogP contribution in [0.25, 0.3) is 0 Å². The Morgan fingerprint density at radius 2 is 1.11 bits per heavy atom. The first-order valence-corrected chi connectivity index (χ1v) is 23.0. The molecule has 0 aliphatic heterocycles. The summed E-state index contributed by atoms with van der Waals surface area (Å²) >= 11 is 4.33. The number of nitrogens with two attached hydrogens (primary N) is 4. The van der Waals surface area contributed by atoms with Crippen molar-refractivity contribution in [2.45, 2.75) is 39.3 Å². The third kappa shape index (κ3) is 10.2. The second kappa shape index (κ2) is 15.4. The minimum Gasteiger partial charge on any atom is -0.497 e. The van der Waals surface area contributed by atoms with Crippen molar-refractivity contribution in [2.24, 2.45) is 0 Å². The van der Waals surface area contributed by atoms with Gasteiger partial charge in [0.2, 0.25) is 11.9 Å². The third-order valence-corrected chi connectivity index (χ3v) is 10.5. The SMILES string of the molecule is COc1cc(C#C[Si](C)(C)C)c(Oc2cnc(N)nc2N)cc1[Si](C)(C)C.COc1cc(I)c(Oc2cnc(N)nc2N)cc1I. The molecule has 12 nitrogen and oxygen atoms in total. The number of aromatic nitrogens is 4. The van der Waals surface area contributed by atoms with Crippen molar-refractivity contribution >= 4 is 90.0 Å². The average molecular weight is 885 g/mol. The van der Waals surface area contributed by atoms with Crippen LogP contribution in [-0.4, -0.2) is 50.3 Å². The van der Waals surface area contributed by atoms with Crippen LogP contribution < -0.4 is 47.1 Å². The lowest BCUT2D eigenvalue weighted by Gasteiger charge is -2.22. The predicted octanol–water partition coefficient (Wildman–Crippen LogP) is 5.87. The molecular weight excluding hydrogens is 846 g/mol. The number of benzene rings is 2.